The van der Waals surface area contributed by atoms with Gasteiger partial charge in [-0.25, -0.2) is 9.48 Å². The van der Waals surface area contributed by atoms with Crippen LogP contribution < -0.4 is 4.74 Å². The van der Waals surface area contributed by atoms with Gasteiger partial charge in [-0.15, -0.1) is 0 Å². The molecule has 1 aliphatic carbocycles. The topological polar surface area (TPSA) is 73.6 Å². The van der Waals surface area contributed by atoms with Crippen LogP contribution in [0.15, 0.2) is 6.20 Å². The fraction of sp³-hybridized carbons (Fsp3) is 0.714. The fourth-order valence-corrected chi connectivity index (χ4v) is 2.97. The molecule has 0 amide bonds. The summed E-state index contributed by atoms with van der Waals surface area (Å²) >= 11 is 0. The lowest BCUT2D eigenvalue weighted by Crippen LogP contribution is -2.22. The van der Waals surface area contributed by atoms with Gasteiger partial charge in [-0.1, -0.05) is 6.42 Å². The smallest absolute Gasteiger partial charge is 0.358 e. The van der Waals surface area contributed by atoms with Gasteiger partial charge in [0.2, 0.25) is 0 Å². The molecule has 2 fully saturated rings. The van der Waals surface area contributed by atoms with E-state index in [1.807, 2.05) is 0 Å². The lowest BCUT2D eigenvalue weighted by Gasteiger charge is -2.22. The Bertz CT molecular complexity index is 474. The summed E-state index contributed by atoms with van der Waals surface area (Å²) in [5.74, 6) is -0.635. The highest BCUT2D eigenvalue weighted by atomic mass is 16.5. The van der Waals surface area contributed by atoms with Crippen LogP contribution in [0.3, 0.4) is 0 Å². The largest absolute Gasteiger partial charge is 0.486 e. The molecule has 1 saturated carbocycles. The molecule has 0 bridgehead atoms. The highest BCUT2D eigenvalue weighted by molar-refractivity contribution is 5.88. The van der Waals surface area contributed by atoms with Crippen LogP contribution in [0, 0.1) is 0 Å². The Labute approximate surface area is 117 Å². The molecule has 0 spiro atoms. The Hall–Kier alpha value is -1.56. The van der Waals surface area contributed by atoms with E-state index in [9.17, 15) is 9.90 Å². The van der Waals surface area contributed by atoms with Gasteiger partial charge in [-0.05, 0) is 38.5 Å². The molecule has 20 heavy (non-hydrogen) atoms. The molecule has 0 aromatic carbocycles. The van der Waals surface area contributed by atoms with Crippen molar-refractivity contribution in [2.45, 2.75) is 57.3 Å². The molecular weight excluding hydrogens is 260 g/mol. The van der Waals surface area contributed by atoms with Crippen LogP contribution in [-0.4, -0.2) is 33.6 Å². The molecular formula is C14H20N2O4. The first-order valence-electron chi connectivity index (χ1n) is 7.35. The summed E-state index contributed by atoms with van der Waals surface area (Å²) in [4.78, 5) is 11.5. The average molecular weight is 280 g/mol. The van der Waals surface area contributed by atoms with Crippen molar-refractivity contribution >= 4 is 5.97 Å². The number of aromatic carboxylic acids is 1. The molecule has 1 atom stereocenters. The Morgan fingerprint density at radius 2 is 2.10 bits per heavy atom. The molecule has 0 radical (unpaired) electrons. The molecule has 1 aliphatic heterocycles. The molecule has 1 N–H and O–H groups in total. The summed E-state index contributed by atoms with van der Waals surface area (Å²) in [6.07, 6.45) is 8.59. The number of ether oxygens (including phenoxy) is 2. The van der Waals surface area contributed by atoms with Crippen molar-refractivity contribution in [1.29, 1.82) is 0 Å². The van der Waals surface area contributed by atoms with Gasteiger partial charge in [0.25, 0.3) is 0 Å². The van der Waals surface area contributed by atoms with Gasteiger partial charge in [-0.2, -0.15) is 5.10 Å². The summed E-state index contributed by atoms with van der Waals surface area (Å²) in [5.41, 5.74) is 0.113. The van der Waals surface area contributed by atoms with Crippen molar-refractivity contribution in [3.8, 4) is 5.75 Å². The average Bonchev–Trinajstić information content (AvgIpc) is 3.08. The maximum atomic E-state index is 11.5. The van der Waals surface area contributed by atoms with Crippen molar-refractivity contribution in [2.75, 3.05) is 6.61 Å². The van der Waals surface area contributed by atoms with Crippen LogP contribution in [-0.2, 0) is 4.74 Å². The van der Waals surface area contributed by atoms with Gasteiger partial charge in [0, 0.05) is 6.61 Å². The lowest BCUT2D eigenvalue weighted by molar-refractivity contribution is 0.0380. The molecule has 6 heteroatoms. The Morgan fingerprint density at radius 3 is 2.75 bits per heavy atom. The predicted octanol–water partition coefficient (Wildman–Crippen LogP) is 2.60. The highest BCUT2D eigenvalue weighted by Crippen LogP contribution is 2.30. The zero-order valence-corrected chi connectivity index (χ0v) is 11.5. The molecule has 1 unspecified atom stereocenters. The second-order valence-electron chi connectivity index (χ2n) is 5.45. The third-order valence-electron chi connectivity index (χ3n) is 3.99. The van der Waals surface area contributed by atoms with Crippen LogP contribution in [0.5, 0.6) is 5.75 Å². The van der Waals surface area contributed by atoms with Gasteiger partial charge in [0.15, 0.2) is 17.7 Å². The van der Waals surface area contributed by atoms with Crippen molar-refractivity contribution in [2.24, 2.45) is 0 Å². The zero-order chi connectivity index (χ0) is 13.9. The molecule has 3 rings (SSSR count). The SMILES string of the molecule is O=C(O)c1c(OC2CCCCC2)cnn1C1CCCO1. The third-order valence-corrected chi connectivity index (χ3v) is 3.99. The Kier molecular flexibility index (Phi) is 3.91. The first kappa shape index (κ1) is 13.4. The molecule has 1 saturated heterocycles. The summed E-state index contributed by atoms with van der Waals surface area (Å²) in [5, 5.41) is 13.6. The summed E-state index contributed by atoms with van der Waals surface area (Å²) in [6.45, 7) is 0.655. The minimum absolute atomic E-state index is 0.113. The maximum absolute atomic E-state index is 11.5. The number of hydrogen-bond donors (Lipinski definition) is 1. The predicted molar refractivity (Wildman–Crippen MR) is 70.9 cm³/mol. The summed E-state index contributed by atoms with van der Waals surface area (Å²) in [6, 6.07) is 0. The Balaban J connectivity index is 1.80. The molecule has 6 nitrogen and oxygen atoms in total. The van der Waals surface area contributed by atoms with E-state index >= 15 is 0 Å². The second-order valence-corrected chi connectivity index (χ2v) is 5.45. The van der Waals surface area contributed by atoms with Gasteiger partial charge in [0.05, 0.1) is 12.3 Å². The number of carboxylic acids is 1. The van der Waals surface area contributed by atoms with Crippen molar-refractivity contribution in [1.82, 2.24) is 9.78 Å². The molecule has 110 valence electrons. The van der Waals surface area contributed by atoms with E-state index in [4.69, 9.17) is 9.47 Å². The number of nitrogens with zero attached hydrogens (tertiary/aromatic N) is 2. The van der Waals surface area contributed by atoms with Gasteiger partial charge in [-0.3, -0.25) is 0 Å². The number of aromatic nitrogens is 2. The van der Waals surface area contributed by atoms with Crippen LogP contribution in [0.4, 0.5) is 0 Å². The quantitative estimate of drug-likeness (QED) is 0.917. The summed E-state index contributed by atoms with van der Waals surface area (Å²) < 4.78 is 12.8. The summed E-state index contributed by atoms with van der Waals surface area (Å²) in [7, 11) is 0. The number of carboxylic acid groups (broad SMARTS) is 1. The van der Waals surface area contributed by atoms with E-state index in [2.05, 4.69) is 5.10 Å². The van der Waals surface area contributed by atoms with Crippen molar-refractivity contribution in [3.63, 3.8) is 0 Å². The molecule has 1 aromatic rings. The third kappa shape index (κ3) is 2.65. The van der Waals surface area contributed by atoms with Gasteiger partial charge >= 0.3 is 5.97 Å². The van der Waals surface area contributed by atoms with Gasteiger partial charge < -0.3 is 14.6 Å². The molecule has 2 heterocycles. The lowest BCUT2D eigenvalue weighted by atomic mass is 9.98. The monoisotopic (exact) mass is 280 g/mol. The standard InChI is InChI=1S/C14H20N2O4/c17-14(18)13-11(20-10-5-2-1-3-6-10)9-15-16(13)12-7-4-8-19-12/h9-10,12H,1-8H2,(H,17,18). The van der Waals surface area contributed by atoms with Crippen molar-refractivity contribution in [3.05, 3.63) is 11.9 Å². The van der Waals surface area contributed by atoms with E-state index in [-0.39, 0.29) is 18.0 Å². The minimum atomic E-state index is -1.01. The second kappa shape index (κ2) is 5.83. The number of carbonyl (C=O) groups is 1. The van der Waals surface area contributed by atoms with E-state index in [0.717, 1.165) is 38.5 Å². The minimum Gasteiger partial charge on any atom is -0.486 e. The first-order chi connectivity index (χ1) is 9.75. The maximum Gasteiger partial charge on any atom is 0.358 e. The van der Waals surface area contributed by atoms with E-state index < -0.39 is 5.97 Å². The Morgan fingerprint density at radius 1 is 1.30 bits per heavy atom. The van der Waals surface area contributed by atoms with Crippen LogP contribution in [0.2, 0.25) is 0 Å². The van der Waals surface area contributed by atoms with E-state index in [1.54, 1.807) is 0 Å². The number of rotatable bonds is 4. The number of hydrogen-bond acceptors (Lipinski definition) is 4. The highest BCUT2D eigenvalue weighted by Gasteiger charge is 2.28. The zero-order valence-electron chi connectivity index (χ0n) is 11.5. The fourth-order valence-electron chi connectivity index (χ4n) is 2.97. The molecule has 2 aliphatic rings. The first-order valence-corrected chi connectivity index (χ1v) is 7.35. The van der Waals surface area contributed by atoms with E-state index in [1.165, 1.54) is 17.3 Å². The van der Waals surface area contributed by atoms with Crippen LogP contribution in [0.1, 0.15) is 61.7 Å². The molecule has 1 aromatic heterocycles. The van der Waals surface area contributed by atoms with Crippen molar-refractivity contribution < 1.29 is 19.4 Å². The normalized spacial score (nSPS) is 23.9. The van der Waals surface area contributed by atoms with Crippen LogP contribution >= 0.6 is 0 Å². The van der Waals surface area contributed by atoms with E-state index in [0.29, 0.717) is 12.4 Å². The van der Waals surface area contributed by atoms with Gasteiger partial charge in [0.1, 0.15) is 0 Å². The van der Waals surface area contributed by atoms with Crippen LogP contribution in [0.25, 0.3) is 0 Å².